The Balaban J connectivity index is 1.83. The standard InChI is InChI=1S/C10H19NO3S/c12-15(13)6-1-3-9(8-15)7-10-11-4-2-5-14-10/h9-11H,1-8H2. The molecule has 0 radical (unpaired) electrons. The zero-order valence-electron chi connectivity index (χ0n) is 8.94. The van der Waals surface area contributed by atoms with E-state index in [1.165, 1.54) is 0 Å². The topological polar surface area (TPSA) is 55.4 Å². The van der Waals surface area contributed by atoms with Gasteiger partial charge in [0.25, 0.3) is 0 Å². The van der Waals surface area contributed by atoms with Gasteiger partial charge in [-0.3, -0.25) is 5.32 Å². The lowest BCUT2D eigenvalue weighted by Crippen LogP contribution is -2.41. The summed E-state index contributed by atoms with van der Waals surface area (Å²) in [5, 5.41) is 3.28. The summed E-state index contributed by atoms with van der Waals surface area (Å²) in [7, 11) is -2.77. The monoisotopic (exact) mass is 233 g/mol. The fraction of sp³-hybridized carbons (Fsp3) is 1.00. The van der Waals surface area contributed by atoms with E-state index in [0.29, 0.717) is 17.4 Å². The van der Waals surface area contributed by atoms with Crippen LogP contribution in [0.25, 0.3) is 0 Å². The molecule has 2 fully saturated rings. The largest absolute Gasteiger partial charge is 0.363 e. The average molecular weight is 233 g/mol. The molecule has 0 aromatic rings. The quantitative estimate of drug-likeness (QED) is 0.756. The van der Waals surface area contributed by atoms with Gasteiger partial charge in [0.05, 0.1) is 11.5 Å². The lowest BCUT2D eigenvalue weighted by Gasteiger charge is -2.29. The van der Waals surface area contributed by atoms with Crippen molar-refractivity contribution >= 4 is 9.84 Å². The second kappa shape index (κ2) is 4.80. The van der Waals surface area contributed by atoms with Crippen LogP contribution in [-0.2, 0) is 14.6 Å². The fourth-order valence-electron chi connectivity index (χ4n) is 2.38. The van der Waals surface area contributed by atoms with Crippen molar-refractivity contribution in [2.75, 3.05) is 24.7 Å². The smallest absolute Gasteiger partial charge is 0.150 e. The Hall–Kier alpha value is -0.130. The number of ether oxygens (including phenoxy) is 1. The minimum atomic E-state index is -2.77. The molecule has 0 aromatic heterocycles. The van der Waals surface area contributed by atoms with Crippen LogP contribution in [0.5, 0.6) is 0 Å². The molecule has 2 rings (SSSR count). The number of hydrogen-bond donors (Lipinski definition) is 1. The Morgan fingerprint density at radius 1 is 1.33 bits per heavy atom. The average Bonchev–Trinajstić information content (AvgIpc) is 2.17. The molecule has 0 aromatic carbocycles. The highest BCUT2D eigenvalue weighted by atomic mass is 32.2. The van der Waals surface area contributed by atoms with Gasteiger partial charge < -0.3 is 4.74 Å². The van der Waals surface area contributed by atoms with E-state index in [9.17, 15) is 8.42 Å². The van der Waals surface area contributed by atoms with Gasteiger partial charge in [0.2, 0.25) is 0 Å². The van der Waals surface area contributed by atoms with Crippen LogP contribution >= 0.6 is 0 Å². The Bertz CT molecular complexity index is 296. The summed E-state index contributed by atoms with van der Waals surface area (Å²) in [5.74, 6) is 1.02. The first-order valence-corrected chi connectivity index (χ1v) is 7.53. The number of nitrogens with one attached hydrogen (secondary N) is 1. The van der Waals surface area contributed by atoms with Crippen LogP contribution in [0.3, 0.4) is 0 Å². The van der Waals surface area contributed by atoms with Gasteiger partial charge in [-0.1, -0.05) is 0 Å². The third-order valence-corrected chi connectivity index (χ3v) is 5.01. The zero-order chi connectivity index (χ0) is 10.7. The third-order valence-electron chi connectivity index (χ3n) is 3.12. The molecule has 0 aliphatic carbocycles. The predicted molar refractivity (Wildman–Crippen MR) is 58.4 cm³/mol. The van der Waals surface area contributed by atoms with Crippen molar-refractivity contribution in [2.45, 2.75) is 31.9 Å². The molecule has 5 heteroatoms. The van der Waals surface area contributed by atoms with Crippen molar-refractivity contribution < 1.29 is 13.2 Å². The molecular formula is C10H19NO3S. The van der Waals surface area contributed by atoms with Gasteiger partial charge >= 0.3 is 0 Å². The van der Waals surface area contributed by atoms with Gasteiger partial charge in [0, 0.05) is 6.61 Å². The first kappa shape index (κ1) is 11.4. The van der Waals surface area contributed by atoms with Gasteiger partial charge in [-0.25, -0.2) is 8.42 Å². The van der Waals surface area contributed by atoms with Crippen molar-refractivity contribution in [3.05, 3.63) is 0 Å². The summed E-state index contributed by atoms with van der Waals surface area (Å²) in [5.41, 5.74) is 0. The van der Waals surface area contributed by atoms with E-state index in [0.717, 1.165) is 38.8 Å². The molecule has 2 aliphatic heterocycles. The molecule has 2 heterocycles. The Kier molecular flexibility index (Phi) is 3.64. The first-order chi connectivity index (χ1) is 7.16. The minimum absolute atomic E-state index is 0.0806. The Morgan fingerprint density at radius 3 is 2.87 bits per heavy atom. The molecule has 0 amide bonds. The van der Waals surface area contributed by atoms with Crippen molar-refractivity contribution in [3.8, 4) is 0 Å². The minimum Gasteiger partial charge on any atom is -0.363 e. The van der Waals surface area contributed by atoms with Crippen LogP contribution in [0, 0.1) is 5.92 Å². The predicted octanol–water partition coefficient (Wildman–Crippen LogP) is 0.537. The SMILES string of the molecule is O=S1(=O)CCCC(CC2NCCCO2)C1. The van der Waals surface area contributed by atoms with Crippen LogP contribution in [-0.4, -0.2) is 39.3 Å². The van der Waals surface area contributed by atoms with E-state index in [4.69, 9.17) is 4.74 Å². The molecule has 4 nitrogen and oxygen atoms in total. The molecule has 2 aliphatic rings. The summed E-state index contributed by atoms with van der Waals surface area (Å²) in [6.45, 7) is 1.79. The van der Waals surface area contributed by atoms with Crippen LogP contribution < -0.4 is 5.32 Å². The fourth-order valence-corrected chi connectivity index (χ4v) is 4.17. The lowest BCUT2D eigenvalue weighted by atomic mass is 10.0. The number of sulfone groups is 1. The van der Waals surface area contributed by atoms with Crippen molar-refractivity contribution in [3.63, 3.8) is 0 Å². The molecule has 15 heavy (non-hydrogen) atoms. The summed E-state index contributed by atoms with van der Waals surface area (Å²) < 4.78 is 28.4. The van der Waals surface area contributed by atoms with Gasteiger partial charge in [-0.2, -0.15) is 0 Å². The molecule has 2 unspecified atom stereocenters. The van der Waals surface area contributed by atoms with Crippen molar-refractivity contribution in [2.24, 2.45) is 5.92 Å². The number of hydrogen-bond acceptors (Lipinski definition) is 4. The Labute approximate surface area is 91.3 Å². The van der Waals surface area contributed by atoms with Crippen LogP contribution in [0.15, 0.2) is 0 Å². The van der Waals surface area contributed by atoms with E-state index in [1.54, 1.807) is 0 Å². The summed E-state index contributed by atoms with van der Waals surface area (Å²) in [4.78, 5) is 0. The van der Waals surface area contributed by atoms with E-state index < -0.39 is 9.84 Å². The van der Waals surface area contributed by atoms with Crippen molar-refractivity contribution in [1.82, 2.24) is 5.32 Å². The maximum absolute atomic E-state index is 11.4. The van der Waals surface area contributed by atoms with Crippen LogP contribution in [0.1, 0.15) is 25.7 Å². The molecule has 2 atom stereocenters. The second-order valence-electron chi connectivity index (χ2n) is 4.53. The van der Waals surface area contributed by atoms with Gasteiger partial charge in [0.1, 0.15) is 6.23 Å². The van der Waals surface area contributed by atoms with Gasteiger partial charge in [0.15, 0.2) is 9.84 Å². The molecule has 1 N–H and O–H groups in total. The molecule has 0 saturated carbocycles. The zero-order valence-corrected chi connectivity index (χ0v) is 9.76. The van der Waals surface area contributed by atoms with E-state index in [2.05, 4.69) is 5.32 Å². The number of rotatable bonds is 2. The maximum atomic E-state index is 11.4. The van der Waals surface area contributed by atoms with Crippen molar-refractivity contribution in [1.29, 1.82) is 0 Å². The Morgan fingerprint density at radius 2 is 2.20 bits per heavy atom. The third kappa shape index (κ3) is 3.43. The van der Waals surface area contributed by atoms with E-state index in [1.807, 2.05) is 0 Å². The first-order valence-electron chi connectivity index (χ1n) is 5.71. The second-order valence-corrected chi connectivity index (χ2v) is 6.75. The van der Waals surface area contributed by atoms with Gasteiger partial charge in [-0.05, 0) is 38.1 Å². The molecule has 88 valence electrons. The van der Waals surface area contributed by atoms with Crippen LogP contribution in [0.4, 0.5) is 0 Å². The summed E-state index contributed by atoms with van der Waals surface area (Å²) in [6, 6.07) is 0. The van der Waals surface area contributed by atoms with E-state index >= 15 is 0 Å². The molecule has 2 saturated heterocycles. The summed E-state index contributed by atoms with van der Waals surface area (Å²) >= 11 is 0. The van der Waals surface area contributed by atoms with Gasteiger partial charge in [-0.15, -0.1) is 0 Å². The summed E-state index contributed by atoms with van der Waals surface area (Å²) in [6.07, 6.45) is 3.83. The molecule has 0 bridgehead atoms. The van der Waals surface area contributed by atoms with E-state index in [-0.39, 0.29) is 6.23 Å². The maximum Gasteiger partial charge on any atom is 0.150 e. The molecule has 0 spiro atoms. The molecular weight excluding hydrogens is 214 g/mol. The highest BCUT2D eigenvalue weighted by Gasteiger charge is 2.27. The normalized spacial score (nSPS) is 36.3. The van der Waals surface area contributed by atoms with Crippen LogP contribution in [0.2, 0.25) is 0 Å². The lowest BCUT2D eigenvalue weighted by molar-refractivity contribution is -0.0125. The highest BCUT2D eigenvalue weighted by molar-refractivity contribution is 7.91. The highest BCUT2D eigenvalue weighted by Crippen LogP contribution is 2.23.